The van der Waals surface area contributed by atoms with E-state index < -0.39 is 132 Å². The summed E-state index contributed by atoms with van der Waals surface area (Å²) in [6.45, 7) is 17.5. The van der Waals surface area contributed by atoms with Gasteiger partial charge in [0.05, 0.1) is 24.0 Å². The number of rotatable bonds is 33. The van der Waals surface area contributed by atoms with E-state index in [2.05, 4.69) is 21.3 Å². The van der Waals surface area contributed by atoms with Crippen molar-refractivity contribution in [2.45, 2.75) is 169 Å². The third-order valence-corrected chi connectivity index (χ3v) is 15.2. The van der Waals surface area contributed by atoms with Gasteiger partial charge in [0.15, 0.2) is 5.78 Å². The van der Waals surface area contributed by atoms with Gasteiger partial charge in [0.1, 0.15) is 30.5 Å². The second-order valence-electron chi connectivity index (χ2n) is 24.1. The lowest BCUT2D eigenvalue weighted by Gasteiger charge is -2.42. The Morgan fingerprint density at radius 3 is 1.91 bits per heavy atom. The maximum absolute atomic E-state index is 15.3. The number of aryl methyl sites for hydroxylation is 1. The lowest BCUT2D eigenvalue weighted by Crippen LogP contribution is -2.63. The van der Waals surface area contributed by atoms with Gasteiger partial charge >= 0.3 is 30.0 Å². The average Bonchev–Trinajstić information content (AvgIpc) is 2.00. The van der Waals surface area contributed by atoms with E-state index in [4.69, 9.17) is 21.3 Å². The number of para-hydroxylation sites is 1. The molecule has 24 heteroatoms. The molecule has 1 heterocycles. The minimum absolute atomic E-state index is 0.0258. The number of aromatic nitrogens is 1. The predicted molar refractivity (Wildman–Crippen MR) is 317 cm³/mol. The number of nitrogens with one attached hydrogen (secondary N) is 4. The van der Waals surface area contributed by atoms with Crippen molar-refractivity contribution in [1.82, 2.24) is 35.6 Å². The van der Waals surface area contributed by atoms with Crippen LogP contribution in [0.25, 0.3) is 10.9 Å². The van der Waals surface area contributed by atoms with Crippen LogP contribution in [0.5, 0.6) is 0 Å². The number of carbonyl (C=O) groups excluding carboxylic acids is 8. The highest BCUT2D eigenvalue weighted by Gasteiger charge is 2.47. The predicted octanol–water partition coefficient (Wildman–Crippen LogP) is 4.96. The van der Waals surface area contributed by atoms with Crippen molar-refractivity contribution in [1.29, 1.82) is 0 Å². The Labute approximate surface area is 497 Å². The summed E-state index contributed by atoms with van der Waals surface area (Å²) >= 11 is 0. The quantitative estimate of drug-likeness (QED) is 0.0287. The van der Waals surface area contributed by atoms with Crippen molar-refractivity contribution < 1.29 is 72.8 Å². The fourth-order valence-corrected chi connectivity index (χ4v) is 9.95. The molecule has 11 N–H and O–H groups in total. The summed E-state index contributed by atoms with van der Waals surface area (Å²) in [5.74, 6) is -9.34. The van der Waals surface area contributed by atoms with Gasteiger partial charge in [-0.05, 0) is 72.6 Å². The maximum Gasteiger partial charge on any atom is 0.410 e. The molecule has 2 aromatic carbocycles. The van der Waals surface area contributed by atoms with Gasteiger partial charge in [-0.25, -0.2) is 14.4 Å². The van der Waals surface area contributed by atoms with E-state index >= 15 is 4.79 Å². The molecule has 24 nitrogen and oxygen atoms in total. The number of carbonyl (C=O) groups is 11. The Balaban J connectivity index is 1.91. The Morgan fingerprint density at radius 1 is 0.741 bits per heavy atom. The lowest BCUT2D eigenvalue weighted by atomic mass is 9.76. The van der Waals surface area contributed by atoms with Crippen LogP contribution in [0.2, 0.25) is 0 Å². The van der Waals surface area contributed by atoms with E-state index in [-0.39, 0.29) is 62.0 Å². The van der Waals surface area contributed by atoms with Crippen molar-refractivity contribution in [3.63, 3.8) is 0 Å². The Hall–Kier alpha value is -8.15. The highest BCUT2D eigenvalue weighted by molar-refractivity contribution is 5.97. The van der Waals surface area contributed by atoms with Crippen LogP contribution < -0.4 is 32.7 Å². The fourth-order valence-electron chi connectivity index (χ4n) is 9.95. The molecule has 1 unspecified atom stereocenters. The third-order valence-electron chi connectivity index (χ3n) is 15.2. The summed E-state index contributed by atoms with van der Waals surface area (Å²) in [5, 5.41) is 39.8. The molecule has 0 aliphatic rings. The van der Waals surface area contributed by atoms with Crippen molar-refractivity contribution >= 4 is 76.1 Å². The van der Waals surface area contributed by atoms with Crippen LogP contribution in [0.15, 0.2) is 66.4 Å². The Bertz CT molecular complexity index is 2920. The Kier molecular flexibility index (Phi) is 26.5. The number of benzene rings is 2. The molecule has 7 amide bonds. The smallest absolute Gasteiger partial charge is 0.410 e. The van der Waals surface area contributed by atoms with Gasteiger partial charge in [-0.3, -0.25) is 43.3 Å². The number of primary amides is 1. The van der Waals surface area contributed by atoms with Gasteiger partial charge in [0, 0.05) is 81.5 Å². The number of Topliss-reactive ketones (excluding diaryl/α,β-unsaturated/α-hetero) is 2. The molecule has 0 spiro atoms. The van der Waals surface area contributed by atoms with Gasteiger partial charge < -0.3 is 62.3 Å². The van der Waals surface area contributed by atoms with E-state index in [9.17, 15) is 58.2 Å². The first-order valence-corrected chi connectivity index (χ1v) is 28.4. The lowest BCUT2D eigenvalue weighted by molar-refractivity contribution is -0.145. The normalized spacial score (nSPS) is 14.4. The van der Waals surface area contributed by atoms with Crippen LogP contribution in [0.1, 0.15) is 131 Å². The molecule has 0 radical (unpaired) electrons. The Morgan fingerprint density at radius 2 is 1.35 bits per heavy atom. The first kappa shape index (κ1) is 71.1. The van der Waals surface area contributed by atoms with Gasteiger partial charge in [-0.1, -0.05) is 111 Å². The molecule has 85 heavy (non-hydrogen) atoms. The summed E-state index contributed by atoms with van der Waals surface area (Å²) in [5.41, 5.74) is 11.9. The van der Waals surface area contributed by atoms with Crippen molar-refractivity contribution in [3.8, 4) is 0 Å². The van der Waals surface area contributed by atoms with E-state index in [0.29, 0.717) is 23.1 Å². The minimum atomic E-state index is -1.56. The summed E-state index contributed by atoms with van der Waals surface area (Å²) in [4.78, 5) is 146. The number of ether oxygens (including phenoxy) is 1. The number of hydrogen-bond donors (Lipinski definition) is 9. The first-order valence-electron chi connectivity index (χ1n) is 28.4. The number of amides is 7. The van der Waals surface area contributed by atoms with E-state index in [1.807, 2.05) is 55.9 Å². The molecular weight excluding hydrogens is 1100 g/mol. The van der Waals surface area contributed by atoms with Gasteiger partial charge in [0.25, 0.3) is 0 Å². The number of ketones is 2. The SMILES string of the molecule is C/C(=C\[C@H](C(C)C)N(C)C(=O)[C@@H](NC(=O)C(N(C)C(=O)OCc1ccc(CC(=O)[C@H](CCCNC(N)=O)NC(=O)[C@@H](N)C(C)C)cc1)C(C)(C)c1cn(C)c2ccccc12)C(C)(C)C)C(=O)N[C@H](CCC(=O)C[C@H](CCC(=O)O)C(=O)O)C(=O)O. The molecule has 3 aromatic rings. The maximum atomic E-state index is 15.3. The molecule has 0 bridgehead atoms. The number of nitrogens with two attached hydrogens (primary N) is 2. The van der Waals surface area contributed by atoms with Crippen LogP contribution in [0, 0.1) is 23.2 Å². The van der Waals surface area contributed by atoms with E-state index in [0.717, 1.165) is 10.9 Å². The zero-order chi connectivity index (χ0) is 64.4. The molecule has 1 aromatic heterocycles. The highest BCUT2D eigenvalue weighted by Crippen LogP contribution is 2.37. The number of urea groups is 1. The molecule has 0 fully saturated rings. The minimum Gasteiger partial charge on any atom is -0.481 e. The van der Waals surface area contributed by atoms with Crippen LogP contribution in [0.3, 0.4) is 0 Å². The highest BCUT2D eigenvalue weighted by atomic mass is 16.6. The number of nitrogens with zero attached hydrogens (tertiary/aromatic N) is 3. The van der Waals surface area contributed by atoms with E-state index in [1.54, 1.807) is 72.7 Å². The molecule has 3 rings (SSSR count). The summed E-state index contributed by atoms with van der Waals surface area (Å²) in [7, 11) is 4.80. The number of aliphatic carboxylic acids is 3. The monoisotopic (exact) mass is 1190 g/mol. The molecular formula is C61H89N9O15. The summed E-state index contributed by atoms with van der Waals surface area (Å²) in [6, 6.07) is 6.93. The first-order chi connectivity index (χ1) is 39.5. The molecule has 0 saturated carbocycles. The van der Waals surface area contributed by atoms with Gasteiger partial charge in [0.2, 0.25) is 23.6 Å². The van der Waals surface area contributed by atoms with Crippen molar-refractivity contribution in [2.24, 2.45) is 41.7 Å². The van der Waals surface area contributed by atoms with Crippen molar-refractivity contribution in [3.05, 3.63) is 83.1 Å². The third kappa shape index (κ3) is 20.9. The van der Waals surface area contributed by atoms with Crippen LogP contribution in [-0.4, -0.2) is 152 Å². The summed E-state index contributed by atoms with van der Waals surface area (Å²) < 4.78 is 7.78. The average molecular weight is 1190 g/mol. The fraction of sp³-hybridized carbons (Fsp3) is 0.557. The number of likely N-dealkylation sites (N-methyl/N-ethyl adjacent to an activating group) is 2. The van der Waals surface area contributed by atoms with Crippen molar-refractivity contribution in [2.75, 3.05) is 20.6 Å². The molecule has 0 aliphatic carbocycles. The zero-order valence-electron chi connectivity index (χ0n) is 51.3. The van der Waals surface area contributed by atoms with Gasteiger partial charge in [-0.2, -0.15) is 0 Å². The van der Waals surface area contributed by atoms with Crippen LogP contribution in [0.4, 0.5) is 9.59 Å². The summed E-state index contributed by atoms with van der Waals surface area (Å²) in [6.07, 6.45) is 0.928. The second kappa shape index (κ2) is 31.7. The van der Waals surface area contributed by atoms with Crippen LogP contribution >= 0.6 is 0 Å². The number of carboxylic acids is 3. The topological polar surface area (TPSA) is 369 Å². The standard InChI is InChI=1S/C61H89N9O15/c1-34(2)46(29-36(5)52(75)66-44(57(81)82)26-25-40(71)31-39(56(79)80)24-27-48(73)74)69(12)55(78)50(60(6,7)8)67-54(77)51(61(9,10)42-32-68(11)45-19-15-14-17-41(42)45)70(13)59(84)85-33-38-22-20-37(21-23-38)30-47(72)43(18-16-28-64-58(63)83)65-53(76)49(62)35(3)4/h14-15,17,19-23,29,32,34-35,39,43-44,46,49-51H,16,18,24-28,30-31,33,62H2,1-13H3,(H,65,76)(H,66,75)(H,67,77)(H,73,74)(H,79,80)(H,81,82)(H3,63,64,83)/b36-29+/t39-,43-,44+,46+,49-,50+,51?/m0/s1. The second-order valence-corrected chi connectivity index (χ2v) is 24.1. The largest absolute Gasteiger partial charge is 0.481 e. The molecule has 0 aliphatic heterocycles. The van der Waals surface area contributed by atoms with Gasteiger partial charge in [-0.15, -0.1) is 0 Å². The zero-order valence-corrected chi connectivity index (χ0v) is 51.3. The molecule has 468 valence electrons. The number of carboxylic acid groups (broad SMARTS) is 3. The van der Waals surface area contributed by atoms with E-state index in [1.165, 1.54) is 36.9 Å². The number of hydrogen-bond acceptors (Lipinski definition) is 13. The molecule has 0 saturated heterocycles. The number of fused-ring (bicyclic) bond motifs is 1. The molecule has 7 atom stereocenters. The van der Waals surface area contributed by atoms with Crippen LogP contribution in [-0.2, 0) is 73.4 Å².